The number of nitrogens with one attached hydrogen (secondary N) is 1. The van der Waals surface area contributed by atoms with E-state index in [-0.39, 0.29) is 5.56 Å². The summed E-state index contributed by atoms with van der Waals surface area (Å²) in [6.45, 7) is 0. The summed E-state index contributed by atoms with van der Waals surface area (Å²) in [5.41, 5.74) is 2.83. The summed E-state index contributed by atoms with van der Waals surface area (Å²) in [5, 5.41) is 7.63. The topological polar surface area (TPSA) is 91.8 Å². The van der Waals surface area contributed by atoms with Gasteiger partial charge in [0.05, 0.1) is 27.9 Å². The number of H-pyrrole nitrogens is 1. The summed E-state index contributed by atoms with van der Waals surface area (Å²) in [6.07, 6.45) is 4.74. The lowest BCUT2D eigenvalue weighted by Crippen LogP contribution is -2.29. The van der Waals surface area contributed by atoms with Crippen LogP contribution in [0, 0.1) is 0 Å². The number of hydrogen-bond donors (Lipinski definition) is 1. The van der Waals surface area contributed by atoms with Gasteiger partial charge < -0.3 is 0 Å². The zero-order chi connectivity index (χ0) is 18.5. The minimum absolute atomic E-state index is 0.266. The molecule has 1 aliphatic heterocycles. The third-order valence-electron chi connectivity index (χ3n) is 4.47. The second-order valence-electron chi connectivity index (χ2n) is 6.01. The molecule has 8 heteroatoms. The lowest BCUT2D eigenvalue weighted by molar-refractivity contribution is 0.0926. The number of anilines is 1. The van der Waals surface area contributed by atoms with Crippen molar-refractivity contribution in [2.24, 2.45) is 0 Å². The summed E-state index contributed by atoms with van der Waals surface area (Å²) < 4.78 is 0.862. The van der Waals surface area contributed by atoms with Crippen LogP contribution in [0.2, 0.25) is 0 Å². The van der Waals surface area contributed by atoms with Crippen molar-refractivity contribution in [3.05, 3.63) is 70.6 Å². The maximum atomic E-state index is 13.2. The predicted octanol–water partition coefficient (Wildman–Crippen LogP) is 3.58. The summed E-state index contributed by atoms with van der Waals surface area (Å²) in [6, 6.07) is 10.6. The Bertz CT molecular complexity index is 1220. The second kappa shape index (κ2) is 5.82. The molecule has 4 aromatic rings. The highest BCUT2D eigenvalue weighted by molar-refractivity contribution is 9.10. The molecule has 1 N–H and O–H groups in total. The van der Waals surface area contributed by atoms with Crippen molar-refractivity contribution < 1.29 is 9.59 Å². The molecule has 0 saturated carbocycles. The Morgan fingerprint density at radius 1 is 1.00 bits per heavy atom. The zero-order valence-electron chi connectivity index (χ0n) is 13.7. The Hall–Kier alpha value is -3.39. The van der Waals surface area contributed by atoms with Crippen LogP contribution in [-0.2, 0) is 0 Å². The van der Waals surface area contributed by atoms with E-state index >= 15 is 0 Å². The lowest BCUT2D eigenvalue weighted by Gasteiger charge is -2.13. The van der Waals surface area contributed by atoms with Gasteiger partial charge in [-0.3, -0.25) is 19.7 Å². The van der Waals surface area contributed by atoms with Gasteiger partial charge in [0.25, 0.3) is 11.8 Å². The molecule has 0 bridgehead atoms. The molecular formula is C19H10BrN5O2. The largest absolute Gasteiger partial charge is 0.275 e. The molecule has 1 aliphatic rings. The van der Waals surface area contributed by atoms with Crippen molar-refractivity contribution in [3.8, 4) is 11.3 Å². The fourth-order valence-corrected chi connectivity index (χ4v) is 3.50. The number of imide groups is 1. The van der Waals surface area contributed by atoms with E-state index in [1.807, 2.05) is 6.07 Å². The second-order valence-corrected chi connectivity index (χ2v) is 6.92. The van der Waals surface area contributed by atoms with E-state index < -0.39 is 11.8 Å². The summed E-state index contributed by atoms with van der Waals surface area (Å²) in [4.78, 5) is 35.6. The number of pyridine rings is 2. The van der Waals surface area contributed by atoms with Gasteiger partial charge in [0.15, 0.2) is 5.65 Å². The zero-order valence-corrected chi connectivity index (χ0v) is 15.3. The molecule has 7 nitrogen and oxygen atoms in total. The van der Waals surface area contributed by atoms with Crippen molar-refractivity contribution in [2.75, 3.05) is 4.90 Å². The van der Waals surface area contributed by atoms with Crippen molar-refractivity contribution in [3.63, 3.8) is 0 Å². The lowest BCUT2D eigenvalue weighted by atomic mass is 10.0. The first kappa shape index (κ1) is 15.8. The highest BCUT2D eigenvalue weighted by Gasteiger charge is 2.39. The molecule has 0 saturated heterocycles. The maximum absolute atomic E-state index is 13.2. The van der Waals surface area contributed by atoms with Crippen LogP contribution in [0.15, 0.2) is 59.5 Å². The third kappa shape index (κ3) is 2.30. The molecule has 27 heavy (non-hydrogen) atoms. The quantitative estimate of drug-likeness (QED) is 0.501. The van der Waals surface area contributed by atoms with Crippen molar-refractivity contribution >= 4 is 44.5 Å². The van der Waals surface area contributed by atoms with Gasteiger partial charge in [-0.25, -0.2) is 9.88 Å². The number of halogens is 1. The first-order valence-corrected chi connectivity index (χ1v) is 8.86. The highest BCUT2D eigenvalue weighted by Crippen LogP contribution is 2.36. The Morgan fingerprint density at radius 2 is 1.81 bits per heavy atom. The molecule has 0 atom stereocenters. The van der Waals surface area contributed by atoms with E-state index in [9.17, 15) is 9.59 Å². The van der Waals surface area contributed by atoms with Gasteiger partial charge in [-0.15, -0.1) is 0 Å². The van der Waals surface area contributed by atoms with Crippen LogP contribution in [-0.4, -0.2) is 32.0 Å². The Morgan fingerprint density at radius 3 is 2.56 bits per heavy atom. The molecule has 3 aromatic heterocycles. The first-order valence-electron chi connectivity index (χ1n) is 8.07. The van der Waals surface area contributed by atoms with Crippen LogP contribution in [0.5, 0.6) is 0 Å². The van der Waals surface area contributed by atoms with Crippen molar-refractivity contribution in [1.82, 2.24) is 20.2 Å². The normalized spacial score (nSPS) is 13.4. The Balaban J connectivity index is 1.74. The van der Waals surface area contributed by atoms with Gasteiger partial charge in [0.2, 0.25) is 0 Å². The standard InChI is InChI=1S/C19H10BrN5O2/c20-11-3-5-12(6-4-11)25-18(26)13-9-22-17-15(14(13)19(25)27)16(23-24-17)10-2-1-7-21-8-10/h1-9H,(H,22,23,24). The molecule has 1 aromatic carbocycles. The third-order valence-corrected chi connectivity index (χ3v) is 5.00. The van der Waals surface area contributed by atoms with Crippen molar-refractivity contribution in [2.45, 2.75) is 0 Å². The summed E-state index contributed by atoms with van der Waals surface area (Å²) >= 11 is 3.36. The minimum atomic E-state index is -0.398. The minimum Gasteiger partial charge on any atom is -0.275 e. The molecule has 0 aliphatic carbocycles. The van der Waals surface area contributed by atoms with Crippen LogP contribution < -0.4 is 4.90 Å². The van der Waals surface area contributed by atoms with E-state index in [0.717, 1.165) is 14.9 Å². The summed E-state index contributed by atoms with van der Waals surface area (Å²) in [7, 11) is 0. The van der Waals surface area contributed by atoms with Gasteiger partial charge >= 0.3 is 0 Å². The highest BCUT2D eigenvalue weighted by atomic mass is 79.9. The molecule has 0 radical (unpaired) electrons. The summed E-state index contributed by atoms with van der Waals surface area (Å²) in [5.74, 6) is -0.790. The smallest absolute Gasteiger partial charge is 0.267 e. The number of aromatic amines is 1. The van der Waals surface area contributed by atoms with Crippen LogP contribution in [0.3, 0.4) is 0 Å². The number of hydrogen-bond acceptors (Lipinski definition) is 5. The monoisotopic (exact) mass is 419 g/mol. The number of amides is 2. The maximum Gasteiger partial charge on any atom is 0.267 e. The first-order chi connectivity index (χ1) is 13.1. The van der Waals surface area contributed by atoms with E-state index in [1.54, 1.807) is 42.7 Å². The van der Waals surface area contributed by atoms with Crippen molar-refractivity contribution in [1.29, 1.82) is 0 Å². The van der Waals surface area contributed by atoms with Gasteiger partial charge in [-0.1, -0.05) is 15.9 Å². The molecule has 2 amide bonds. The molecular weight excluding hydrogens is 410 g/mol. The van der Waals surface area contributed by atoms with Crippen LogP contribution in [0.4, 0.5) is 5.69 Å². The van der Waals surface area contributed by atoms with E-state index in [4.69, 9.17) is 0 Å². The van der Waals surface area contributed by atoms with Gasteiger partial charge in [0, 0.05) is 28.6 Å². The Kier molecular flexibility index (Phi) is 3.41. The number of fused-ring (bicyclic) bond motifs is 3. The average Bonchev–Trinajstić information content (AvgIpc) is 3.23. The fraction of sp³-hybridized carbons (Fsp3) is 0. The SMILES string of the molecule is O=C1c2cnc3n[nH]c(-c4cccnc4)c3c2C(=O)N1c1ccc(Br)cc1. The fourth-order valence-electron chi connectivity index (χ4n) is 3.24. The number of aromatic nitrogens is 4. The Labute approximate surface area is 161 Å². The number of rotatable bonds is 2. The molecule has 130 valence electrons. The molecule has 0 unspecified atom stereocenters. The van der Waals surface area contributed by atoms with E-state index in [0.29, 0.717) is 28.0 Å². The van der Waals surface area contributed by atoms with Gasteiger partial charge in [0.1, 0.15) is 0 Å². The molecule has 4 heterocycles. The number of carbonyl (C=O) groups excluding carboxylic acids is 2. The average molecular weight is 420 g/mol. The van der Waals surface area contributed by atoms with Crippen LogP contribution >= 0.6 is 15.9 Å². The number of nitrogens with zero attached hydrogens (tertiary/aromatic N) is 4. The molecule has 0 fully saturated rings. The van der Waals surface area contributed by atoms with E-state index in [1.165, 1.54) is 6.20 Å². The number of benzene rings is 1. The molecule has 0 spiro atoms. The van der Waals surface area contributed by atoms with E-state index in [2.05, 4.69) is 36.1 Å². The van der Waals surface area contributed by atoms with Crippen LogP contribution in [0.25, 0.3) is 22.3 Å². The molecule has 5 rings (SSSR count). The van der Waals surface area contributed by atoms with Gasteiger partial charge in [-0.05, 0) is 36.4 Å². The predicted molar refractivity (Wildman–Crippen MR) is 102 cm³/mol. The van der Waals surface area contributed by atoms with Crippen LogP contribution in [0.1, 0.15) is 20.7 Å². The van der Waals surface area contributed by atoms with Gasteiger partial charge in [-0.2, -0.15) is 5.10 Å². The number of carbonyl (C=O) groups is 2.